The van der Waals surface area contributed by atoms with E-state index in [0.717, 1.165) is 0 Å². The molecule has 1 atom stereocenters. The van der Waals surface area contributed by atoms with E-state index in [1.165, 1.54) is 12.0 Å². The van der Waals surface area contributed by atoms with Crippen LogP contribution < -0.4 is 0 Å². The second kappa shape index (κ2) is 5.52. The summed E-state index contributed by atoms with van der Waals surface area (Å²) in [5.41, 5.74) is -1.69. The molecule has 0 radical (unpaired) electrons. The zero-order chi connectivity index (χ0) is 14.7. The number of amides is 1. The van der Waals surface area contributed by atoms with Crippen LogP contribution in [0.4, 0.5) is 4.79 Å². The Balaban J connectivity index is 3.01. The van der Waals surface area contributed by atoms with Gasteiger partial charge >= 0.3 is 12.1 Å². The molecule has 1 aliphatic rings. The van der Waals surface area contributed by atoms with Crippen LogP contribution in [0.1, 0.15) is 40.0 Å². The molecular weight excluding hydrogens is 246 g/mol. The number of ether oxygens (including phenoxy) is 2. The van der Waals surface area contributed by atoms with Gasteiger partial charge in [-0.3, -0.25) is 4.90 Å². The molecule has 0 aromatic heterocycles. The van der Waals surface area contributed by atoms with Crippen LogP contribution in [-0.2, 0) is 14.3 Å². The summed E-state index contributed by atoms with van der Waals surface area (Å²) in [5.74, 6) is 1.99. The van der Waals surface area contributed by atoms with Crippen molar-refractivity contribution < 1.29 is 19.1 Å². The minimum atomic E-state index is -1.08. The average molecular weight is 267 g/mol. The molecule has 1 unspecified atom stereocenters. The zero-order valence-electron chi connectivity index (χ0n) is 12.0. The normalized spacial score (nSPS) is 22.8. The maximum absolute atomic E-state index is 12.2. The Labute approximate surface area is 114 Å². The second-order valence-electron chi connectivity index (χ2n) is 5.64. The van der Waals surface area contributed by atoms with E-state index in [1.54, 1.807) is 20.8 Å². The van der Waals surface area contributed by atoms with Crippen molar-refractivity contribution in [1.29, 1.82) is 0 Å². The van der Waals surface area contributed by atoms with Gasteiger partial charge in [0.1, 0.15) is 5.60 Å². The first-order valence-corrected chi connectivity index (χ1v) is 6.29. The summed E-state index contributed by atoms with van der Waals surface area (Å²) in [6.45, 7) is 5.79. The second-order valence-corrected chi connectivity index (χ2v) is 5.64. The highest BCUT2D eigenvalue weighted by Gasteiger charge is 2.51. The number of hydrogen-bond donors (Lipinski definition) is 0. The molecule has 0 aliphatic carbocycles. The Bertz CT molecular complexity index is 405. The number of nitrogens with zero attached hydrogens (tertiary/aromatic N) is 1. The molecule has 0 saturated carbocycles. The van der Waals surface area contributed by atoms with E-state index in [2.05, 4.69) is 5.92 Å². The van der Waals surface area contributed by atoms with E-state index in [1.807, 2.05) is 0 Å². The lowest BCUT2D eigenvalue weighted by Gasteiger charge is -2.35. The highest BCUT2D eigenvalue weighted by atomic mass is 16.6. The third-order valence-corrected chi connectivity index (χ3v) is 3.06. The fourth-order valence-corrected chi connectivity index (χ4v) is 2.29. The van der Waals surface area contributed by atoms with Crippen molar-refractivity contribution in [3.8, 4) is 12.3 Å². The van der Waals surface area contributed by atoms with E-state index in [4.69, 9.17) is 15.9 Å². The predicted molar refractivity (Wildman–Crippen MR) is 70.4 cm³/mol. The molecule has 19 heavy (non-hydrogen) atoms. The number of hydrogen-bond acceptors (Lipinski definition) is 4. The summed E-state index contributed by atoms with van der Waals surface area (Å²) in [4.78, 5) is 25.6. The van der Waals surface area contributed by atoms with Crippen molar-refractivity contribution >= 4 is 12.1 Å². The Morgan fingerprint density at radius 2 is 2.05 bits per heavy atom. The van der Waals surface area contributed by atoms with Gasteiger partial charge in [0.2, 0.25) is 0 Å². The summed E-state index contributed by atoms with van der Waals surface area (Å²) in [6, 6.07) is 0. The summed E-state index contributed by atoms with van der Waals surface area (Å²) in [6.07, 6.45) is 6.16. The third-order valence-electron chi connectivity index (χ3n) is 3.06. The average Bonchev–Trinajstić information content (AvgIpc) is 2.71. The first kappa shape index (κ1) is 15.4. The van der Waals surface area contributed by atoms with Crippen LogP contribution in [0.25, 0.3) is 0 Å². The number of carbonyl (C=O) groups is 2. The number of esters is 1. The summed E-state index contributed by atoms with van der Waals surface area (Å²) in [7, 11) is 1.30. The fourth-order valence-electron chi connectivity index (χ4n) is 2.29. The molecular formula is C14H21NO4. The van der Waals surface area contributed by atoms with Gasteiger partial charge in [0.05, 0.1) is 7.11 Å². The standard InChI is InChI=1S/C14H21NO4/c1-6-8-14(11(16)18-5)9-7-10-15(14)12(17)19-13(2,3)4/h1H,7-10H2,2-5H3. The Morgan fingerprint density at radius 1 is 1.42 bits per heavy atom. The summed E-state index contributed by atoms with van der Waals surface area (Å²) in [5, 5.41) is 0. The number of rotatable bonds is 2. The minimum Gasteiger partial charge on any atom is -0.467 e. The molecule has 0 aromatic rings. The molecule has 1 heterocycles. The Kier molecular flexibility index (Phi) is 4.46. The molecule has 1 aliphatic heterocycles. The van der Waals surface area contributed by atoms with Gasteiger partial charge in [-0.15, -0.1) is 12.3 Å². The Morgan fingerprint density at radius 3 is 2.53 bits per heavy atom. The van der Waals surface area contributed by atoms with Crippen molar-refractivity contribution in [3.05, 3.63) is 0 Å². The molecule has 5 heteroatoms. The van der Waals surface area contributed by atoms with E-state index >= 15 is 0 Å². The fraction of sp³-hybridized carbons (Fsp3) is 0.714. The number of terminal acetylenes is 1. The van der Waals surface area contributed by atoms with Gasteiger partial charge < -0.3 is 9.47 Å². The molecule has 0 aromatic carbocycles. The van der Waals surface area contributed by atoms with Crippen molar-refractivity contribution in [3.63, 3.8) is 0 Å². The van der Waals surface area contributed by atoms with Gasteiger partial charge in [-0.2, -0.15) is 0 Å². The molecule has 5 nitrogen and oxygen atoms in total. The quantitative estimate of drug-likeness (QED) is 0.567. The molecule has 1 rings (SSSR count). The van der Waals surface area contributed by atoms with Gasteiger partial charge in [0.15, 0.2) is 5.54 Å². The topological polar surface area (TPSA) is 55.8 Å². The van der Waals surface area contributed by atoms with Crippen LogP contribution in [-0.4, -0.2) is 41.8 Å². The van der Waals surface area contributed by atoms with E-state index in [0.29, 0.717) is 19.4 Å². The molecule has 0 N–H and O–H groups in total. The smallest absolute Gasteiger partial charge is 0.411 e. The van der Waals surface area contributed by atoms with Gasteiger partial charge in [0.25, 0.3) is 0 Å². The van der Waals surface area contributed by atoms with Crippen molar-refractivity contribution in [2.45, 2.75) is 51.2 Å². The van der Waals surface area contributed by atoms with Crippen LogP contribution in [0.15, 0.2) is 0 Å². The van der Waals surface area contributed by atoms with Gasteiger partial charge in [-0.05, 0) is 33.6 Å². The van der Waals surface area contributed by atoms with Crippen molar-refractivity contribution in [2.24, 2.45) is 0 Å². The third kappa shape index (κ3) is 3.19. The lowest BCUT2D eigenvalue weighted by atomic mass is 9.92. The number of methoxy groups -OCH3 is 1. The lowest BCUT2D eigenvalue weighted by Crippen LogP contribution is -2.54. The van der Waals surface area contributed by atoms with Crippen LogP contribution >= 0.6 is 0 Å². The van der Waals surface area contributed by atoms with Gasteiger partial charge in [0, 0.05) is 13.0 Å². The van der Waals surface area contributed by atoms with E-state index < -0.39 is 23.2 Å². The maximum Gasteiger partial charge on any atom is 0.411 e. The van der Waals surface area contributed by atoms with Crippen molar-refractivity contribution in [1.82, 2.24) is 4.90 Å². The van der Waals surface area contributed by atoms with Crippen LogP contribution in [0.3, 0.4) is 0 Å². The molecule has 0 bridgehead atoms. The van der Waals surface area contributed by atoms with Gasteiger partial charge in [-0.25, -0.2) is 9.59 Å². The zero-order valence-corrected chi connectivity index (χ0v) is 12.0. The molecule has 106 valence electrons. The van der Waals surface area contributed by atoms with Gasteiger partial charge in [-0.1, -0.05) is 0 Å². The van der Waals surface area contributed by atoms with Crippen LogP contribution in [0.2, 0.25) is 0 Å². The highest BCUT2D eigenvalue weighted by Crippen LogP contribution is 2.34. The Hall–Kier alpha value is -1.70. The van der Waals surface area contributed by atoms with Crippen LogP contribution in [0, 0.1) is 12.3 Å². The first-order chi connectivity index (χ1) is 8.77. The maximum atomic E-state index is 12.2. The highest BCUT2D eigenvalue weighted by molar-refractivity contribution is 5.87. The minimum absolute atomic E-state index is 0.138. The van der Waals surface area contributed by atoms with Crippen molar-refractivity contribution in [2.75, 3.05) is 13.7 Å². The van der Waals surface area contributed by atoms with E-state index in [-0.39, 0.29) is 6.42 Å². The molecule has 1 saturated heterocycles. The summed E-state index contributed by atoms with van der Waals surface area (Å²) >= 11 is 0. The monoisotopic (exact) mass is 267 g/mol. The van der Waals surface area contributed by atoms with Crippen LogP contribution in [0.5, 0.6) is 0 Å². The summed E-state index contributed by atoms with van der Waals surface area (Å²) < 4.78 is 10.1. The molecule has 1 amide bonds. The molecule has 0 spiro atoms. The first-order valence-electron chi connectivity index (χ1n) is 6.29. The predicted octanol–water partition coefficient (Wildman–Crippen LogP) is 1.95. The van der Waals surface area contributed by atoms with E-state index in [9.17, 15) is 9.59 Å². The SMILES string of the molecule is C#CCC1(C(=O)OC)CCCN1C(=O)OC(C)(C)C. The largest absolute Gasteiger partial charge is 0.467 e. The number of likely N-dealkylation sites (tertiary alicyclic amines) is 1. The number of carbonyl (C=O) groups excluding carboxylic acids is 2. The molecule has 1 fully saturated rings. The lowest BCUT2D eigenvalue weighted by molar-refractivity contribution is -0.152.